The maximum Gasteiger partial charge on any atom is 0.260 e. The van der Waals surface area contributed by atoms with Gasteiger partial charge in [0.05, 0.1) is 12.7 Å². The highest BCUT2D eigenvalue weighted by atomic mass is 16.5. The van der Waals surface area contributed by atoms with Crippen LogP contribution in [0.5, 0.6) is 5.75 Å². The Labute approximate surface area is 148 Å². The van der Waals surface area contributed by atoms with Crippen LogP contribution in [-0.2, 0) is 17.8 Å². The third kappa shape index (κ3) is 4.60. The Morgan fingerprint density at radius 3 is 2.68 bits per heavy atom. The van der Waals surface area contributed by atoms with Crippen LogP contribution >= 0.6 is 0 Å². The van der Waals surface area contributed by atoms with E-state index in [-0.39, 0.29) is 12.5 Å². The lowest BCUT2D eigenvalue weighted by atomic mass is 10.2. The lowest BCUT2D eigenvalue weighted by Crippen LogP contribution is -2.49. The molecule has 1 aromatic carbocycles. The lowest BCUT2D eigenvalue weighted by molar-refractivity contribution is -0.135. The van der Waals surface area contributed by atoms with Crippen molar-refractivity contribution in [2.24, 2.45) is 0 Å². The van der Waals surface area contributed by atoms with E-state index in [1.807, 2.05) is 43.0 Å². The van der Waals surface area contributed by atoms with Gasteiger partial charge in [0.15, 0.2) is 6.61 Å². The van der Waals surface area contributed by atoms with Crippen molar-refractivity contribution < 1.29 is 13.9 Å². The molecule has 6 heteroatoms. The highest BCUT2D eigenvalue weighted by Crippen LogP contribution is 2.16. The molecule has 1 aromatic heterocycles. The van der Waals surface area contributed by atoms with Gasteiger partial charge in [-0.25, -0.2) is 4.98 Å². The Morgan fingerprint density at radius 2 is 2.00 bits per heavy atom. The van der Waals surface area contributed by atoms with Crippen molar-refractivity contribution >= 4 is 5.91 Å². The van der Waals surface area contributed by atoms with Gasteiger partial charge in [0.1, 0.15) is 11.5 Å². The lowest BCUT2D eigenvalue weighted by Gasteiger charge is -2.34. The summed E-state index contributed by atoms with van der Waals surface area (Å²) in [5.41, 5.74) is 1.04. The molecule has 0 bridgehead atoms. The van der Waals surface area contributed by atoms with E-state index >= 15 is 0 Å². The molecule has 1 fully saturated rings. The second kappa shape index (κ2) is 8.16. The Balaban J connectivity index is 1.43. The Hall–Kier alpha value is -2.34. The van der Waals surface area contributed by atoms with Crippen LogP contribution in [-0.4, -0.2) is 53.5 Å². The summed E-state index contributed by atoms with van der Waals surface area (Å²) >= 11 is 0. The predicted octanol–water partition coefficient (Wildman–Crippen LogP) is 2.27. The molecule has 2 aromatic rings. The minimum absolute atomic E-state index is 0.0345. The van der Waals surface area contributed by atoms with E-state index < -0.39 is 0 Å². The van der Waals surface area contributed by atoms with Crippen LogP contribution in [0.1, 0.15) is 24.1 Å². The second-order valence-electron chi connectivity index (χ2n) is 6.28. The van der Waals surface area contributed by atoms with Crippen molar-refractivity contribution in [1.82, 2.24) is 14.8 Å². The number of nitrogens with zero attached hydrogens (tertiary/aromatic N) is 3. The molecular formula is C19H25N3O3. The maximum atomic E-state index is 12.3. The number of aryl methyl sites for hydroxylation is 2. The molecule has 1 amide bonds. The number of benzene rings is 1. The average Bonchev–Trinajstić information content (AvgIpc) is 3.09. The molecule has 1 aliphatic rings. The van der Waals surface area contributed by atoms with E-state index in [1.54, 1.807) is 6.20 Å². The molecule has 1 saturated heterocycles. The molecule has 0 N–H and O–H groups in total. The molecule has 3 rings (SSSR count). The monoisotopic (exact) mass is 343 g/mol. The summed E-state index contributed by atoms with van der Waals surface area (Å²) in [6, 6.07) is 7.74. The third-order valence-corrected chi connectivity index (χ3v) is 4.48. The molecule has 0 atom stereocenters. The summed E-state index contributed by atoms with van der Waals surface area (Å²) in [7, 11) is 0. The highest BCUT2D eigenvalue weighted by molar-refractivity contribution is 5.78. The SMILES string of the molecule is CCc1cnc(CN2CCN(C(=O)COc3ccccc3C)CC2)o1. The van der Waals surface area contributed by atoms with Gasteiger partial charge >= 0.3 is 0 Å². The van der Waals surface area contributed by atoms with E-state index in [4.69, 9.17) is 9.15 Å². The van der Waals surface area contributed by atoms with E-state index in [0.29, 0.717) is 19.6 Å². The zero-order valence-electron chi connectivity index (χ0n) is 14.9. The van der Waals surface area contributed by atoms with Gasteiger partial charge in [0, 0.05) is 32.6 Å². The number of hydrogen-bond donors (Lipinski definition) is 0. The number of ether oxygens (including phenoxy) is 1. The summed E-state index contributed by atoms with van der Waals surface area (Å²) in [6.45, 7) is 7.86. The number of amides is 1. The molecule has 25 heavy (non-hydrogen) atoms. The largest absolute Gasteiger partial charge is 0.484 e. The van der Waals surface area contributed by atoms with Gasteiger partial charge in [-0.15, -0.1) is 0 Å². The normalized spacial score (nSPS) is 15.4. The molecule has 0 unspecified atom stereocenters. The second-order valence-corrected chi connectivity index (χ2v) is 6.28. The minimum Gasteiger partial charge on any atom is -0.484 e. The number of carbonyl (C=O) groups excluding carboxylic acids is 1. The van der Waals surface area contributed by atoms with Crippen molar-refractivity contribution in [3.8, 4) is 5.75 Å². The van der Waals surface area contributed by atoms with E-state index in [1.165, 1.54) is 0 Å². The number of para-hydroxylation sites is 1. The van der Waals surface area contributed by atoms with Crippen molar-refractivity contribution in [2.45, 2.75) is 26.8 Å². The molecule has 0 aliphatic carbocycles. The molecular weight excluding hydrogens is 318 g/mol. The third-order valence-electron chi connectivity index (χ3n) is 4.48. The zero-order chi connectivity index (χ0) is 17.6. The van der Waals surface area contributed by atoms with E-state index in [2.05, 4.69) is 9.88 Å². The highest BCUT2D eigenvalue weighted by Gasteiger charge is 2.22. The van der Waals surface area contributed by atoms with Gasteiger partial charge in [0.25, 0.3) is 5.91 Å². The first-order chi connectivity index (χ1) is 12.2. The summed E-state index contributed by atoms with van der Waals surface area (Å²) < 4.78 is 11.3. The van der Waals surface area contributed by atoms with Crippen molar-refractivity contribution in [3.05, 3.63) is 47.7 Å². The summed E-state index contributed by atoms with van der Waals surface area (Å²) in [6.07, 6.45) is 2.65. The topological polar surface area (TPSA) is 58.8 Å². The minimum atomic E-state index is 0.0345. The van der Waals surface area contributed by atoms with Gasteiger partial charge in [-0.3, -0.25) is 9.69 Å². The Bertz CT molecular complexity index is 705. The number of oxazole rings is 1. The van der Waals surface area contributed by atoms with Crippen LogP contribution in [0, 0.1) is 6.92 Å². The molecule has 2 heterocycles. The van der Waals surface area contributed by atoms with Crippen molar-refractivity contribution in [2.75, 3.05) is 32.8 Å². The van der Waals surface area contributed by atoms with Crippen LogP contribution in [0.4, 0.5) is 0 Å². The fraction of sp³-hybridized carbons (Fsp3) is 0.474. The van der Waals surface area contributed by atoms with Gasteiger partial charge in [0.2, 0.25) is 5.89 Å². The van der Waals surface area contributed by atoms with Crippen molar-refractivity contribution in [3.63, 3.8) is 0 Å². The van der Waals surface area contributed by atoms with Gasteiger partial charge < -0.3 is 14.1 Å². The van der Waals surface area contributed by atoms with Crippen LogP contribution in [0.25, 0.3) is 0 Å². The quantitative estimate of drug-likeness (QED) is 0.805. The van der Waals surface area contributed by atoms with Gasteiger partial charge in [-0.1, -0.05) is 25.1 Å². The molecule has 1 aliphatic heterocycles. The molecule has 0 saturated carbocycles. The predicted molar refractivity (Wildman–Crippen MR) is 94.4 cm³/mol. The number of carbonyl (C=O) groups is 1. The number of hydrogen-bond acceptors (Lipinski definition) is 5. The summed E-state index contributed by atoms with van der Waals surface area (Å²) in [5, 5.41) is 0. The fourth-order valence-electron chi connectivity index (χ4n) is 2.88. The van der Waals surface area contributed by atoms with E-state index in [9.17, 15) is 4.79 Å². The smallest absolute Gasteiger partial charge is 0.260 e. The van der Waals surface area contributed by atoms with Crippen LogP contribution in [0.3, 0.4) is 0 Å². The van der Waals surface area contributed by atoms with Crippen LogP contribution in [0.15, 0.2) is 34.9 Å². The first-order valence-electron chi connectivity index (χ1n) is 8.78. The molecule has 0 radical (unpaired) electrons. The molecule has 6 nitrogen and oxygen atoms in total. The Kier molecular flexibility index (Phi) is 5.71. The maximum absolute atomic E-state index is 12.3. The number of piperazine rings is 1. The first-order valence-corrected chi connectivity index (χ1v) is 8.78. The van der Waals surface area contributed by atoms with Crippen molar-refractivity contribution in [1.29, 1.82) is 0 Å². The Morgan fingerprint density at radius 1 is 1.24 bits per heavy atom. The fourth-order valence-corrected chi connectivity index (χ4v) is 2.88. The number of aromatic nitrogens is 1. The summed E-state index contributed by atoms with van der Waals surface area (Å²) in [5.74, 6) is 2.47. The first kappa shape index (κ1) is 17.5. The van der Waals surface area contributed by atoms with Gasteiger partial charge in [-0.2, -0.15) is 0 Å². The standard InChI is InChI=1S/C19H25N3O3/c1-3-16-12-20-18(25-16)13-21-8-10-22(11-9-21)19(23)14-24-17-7-5-4-6-15(17)2/h4-7,12H,3,8-11,13-14H2,1-2H3. The van der Waals surface area contributed by atoms with E-state index in [0.717, 1.165) is 42.5 Å². The number of rotatable bonds is 6. The zero-order valence-corrected chi connectivity index (χ0v) is 14.9. The molecule has 0 spiro atoms. The van der Waals surface area contributed by atoms with Gasteiger partial charge in [-0.05, 0) is 18.6 Å². The molecule has 134 valence electrons. The van der Waals surface area contributed by atoms with Crippen LogP contribution < -0.4 is 4.74 Å². The average molecular weight is 343 g/mol. The van der Waals surface area contributed by atoms with Crippen LogP contribution in [0.2, 0.25) is 0 Å². The summed E-state index contributed by atoms with van der Waals surface area (Å²) in [4.78, 5) is 20.8.